The number of halogens is 1. The highest BCUT2D eigenvalue weighted by atomic mass is 79.9. The third-order valence-corrected chi connectivity index (χ3v) is 4.79. The Bertz CT molecular complexity index is 920. The van der Waals surface area contributed by atoms with Crippen molar-refractivity contribution in [1.82, 2.24) is 20.3 Å². The van der Waals surface area contributed by atoms with Crippen LogP contribution >= 0.6 is 15.9 Å². The maximum absolute atomic E-state index is 4.73. The van der Waals surface area contributed by atoms with E-state index in [4.69, 9.17) is 4.63 Å². The van der Waals surface area contributed by atoms with Crippen molar-refractivity contribution in [2.24, 2.45) is 5.10 Å². The lowest BCUT2D eigenvalue weighted by molar-refractivity contribution is 0.314. The number of hydrogen-bond donors (Lipinski definition) is 2. The predicted molar refractivity (Wildman–Crippen MR) is 103 cm³/mol. The Morgan fingerprint density at radius 3 is 2.62 bits per heavy atom. The molecule has 0 saturated heterocycles. The molecule has 4 rings (SSSR count). The molecule has 134 valence electrons. The number of fused-ring (bicyclic) bond motifs is 1. The first-order chi connectivity index (χ1) is 12.8. The summed E-state index contributed by atoms with van der Waals surface area (Å²) < 4.78 is 5.72. The van der Waals surface area contributed by atoms with Crippen LogP contribution in [0.15, 0.2) is 38.5 Å². The molecule has 2 aromatic heterocycles. The number of aromatic nitrogens is 4. The number of nitrogens with one attached hydrogen (secondary N) is 2. The molecule has 1 aliphatic rings. The molecule has 0 aliphatic heterocycles. The van der Waals surface area contributed by atoms with Crippen molar-refractivity contribution in [3.05, 3.63) is 34.3 Å². The van der Waals surface area contributed by atoms with Gasteiger partial charge in [0.15, 0.2) is 11.6 Å². The van der Waals surface area contributed by atoms with E-state index in [0.717, 1.165) is 22.9 Å². The van der Waals surface area contributed by atoms with Gasteiger partial charge in [-0.15, -0.1) is 0 Å². The fourth-order valence-corrected chi connectivity index (χ4v) is 3.43. The molecule has 8 nitrogen and oxygen atoms in total. The Hall–Kier alpha value is -2.55. The fourth-order valence-electron chi connectivity index (χ4n) is 3.01. The highest BCUT2D eigenvalue weighted by Gasteiger charge is 2.18. The molecule has 0 radical (unpaired) electrons. The summed E-state index contributed by atoms with van der Waals surface area (Å²) in [6.07, 6.45) is 7.71. The van der Waals surface area contributed by atoms with Gasteiger partial charge in [-0.2, -0.15) is 10.1 Å². The average molecular weight is 416 g/mol. The summed E-state index contributed by atoms with van der Waals surface area (Å²) >= 11 is 3.45. The normalized spacial score (nSPS) is 15.6. The zero-order valence-electron chi connectivity index (χ0n) is 14.0. The molecule has 1 aromatic carbocycles. The quantitative estimate of drug-likeness (QED) is 0.480. The van der Waals surface area contributed by atoms with Gasteiger partial charge in [-0.3, -0.25) is 5.43 Å². The van der Waals surface area contributed by atoms with Crippen molar-refractivity contribution in [1.29, 1.82) is 0 Å². The molecule has 9 heteroatoms. The van der Waals surface area contributed by atoms with Crippen molar-refractivity contribution in [3.8, 4) is 0 Å². The second-order valence-electron chi connectivity index (χ2n) is 6.24. The largest absolute Gasteiger partial charge is 0.364 e. The summed E-state index contributed by atoms with van der Waals surface area (Å²) in [5.41, 5.74) is 4.65. The van der Waals surface area contributed by atoms with Crippen LogP contribution in [0.5, 0.6) is 0 Å². The van der Waals surface area contributed by atoms with Gasteiger partial charge in [0.25, 0.3) is 0 Å². The molecule has 0 spiro atoms. The summed E-state index contributed by atoms with van der Waals surface area (Å²) in [5.74, 6) is 1.12. The van der Waals surface area contributed by atoms with Crippen LogP contribution in [-0.2, 0) is 0 Å². The van der Waals surface area contributed by atoms with Gasteiger partial charge < -0.3 is 5.32 Å². The third-order valence-electron chi connectivity index (χ3n) is 4.29. The zero-order valence-corrected chi connectivity index (χ0v) is 15.6. The third kappa shape index (κ3) is 3.98. The Balaban J connectivity index is 1.56. The minimum Gasteiger partial charge on any atom is -0.364 e. The van der Waals surface area contributed by atoms with E-state index in [-0.39, 0.29) is 0 Å². The van der Waals surface area contributed by atoms with Gasteiger partial charge in [0.2, 0.25) is 11.3 Å². The molecule has 2 N–H and O–H groups in total. The van der Waals surface area contributed by atoms with Crippen molar-refractivity contribution in [2.45, 2.75) is 38.1 Å². The van der Waals surface area contributed by atoms with E-state index in [1.54, 1.807) is 6.21 Å². The monoisotopic (exact) mass is 415 g/mol. The second-order valence-corrected chi connectivity index (χ2v) is 7.15. The Labute approximate surface area is 158 Å². The van der Waals surface area contributed by atoms with Gasteiger partial charge >= 0.3 is 0 Å². The first kappa shape index (κ1) is 16.9. The van der Waals surface area contributed by atoms with Gasteiger partial charge in [-0.05, 0) is 40.9 Å². The lowest BCUT2D eigenvalue weighted by atomic mass is 9.95. The van der Waals surface area contributed by atoms with Gasteiger partial charge in [0, 0.05) is 10.5 Å². The number of hydrazone groups is 1. The van der Waals surface area contributed by atoms with Crippen LogP contribution in [0, 0.1) is 0 Å². The van der Waals surface area contributed by atoms with Crippen molar-refractivity contribution in [3.63, 3.8) is 0 Å². The van der Waals surface area contributed by atoms with E-state index in [9.17, 15) is 0 Å². The van der Waals surface area contributed by atoms with Crippen LogP contribution in [0.1, 0.15) is 37.7 Å². The molecule has 0 unspecified atom stereocenters. The molecule has 26 heavy (non-hydrogen) atoms. The Morgan fingerprint density at radius 1 is 1.08 bits per heavy atom. The van der Waals surface area contributed by atoms with Crippen LogP contribution in [-0.4, -0.2) is 32.5 Å². The van der Waals surface area contributed by atoms with Gasteiger partial charge in [-0.25, -0.2) is 9.61 Å². The summed E-state index contributed by atoms with van der Waals surface area (Å²) in [5, 5.41) is 15.3. The number of nitrogens with zero attached hydrogens (tertiary/aromatic N) is 5. The smallest absolute Gasteiger partial charge is 0.245 e. The molecule has 1 fully saturated rings. The maximum Gasteiger partial charge on any atom is 0.245 e. The van der Waals surface area contributed by atoms with Crippen molar-refractivity contribution in [2.75, 3.05) is 10.7 Å². The van der Waals surface area contributed by atoms with Crippen molar-refractivity contribution < 1.29 is 4.63 Å². The van der Waals surface area contributed by atoms with E-state index in [2.05, 4.69) is 52.1 Å². The zero-order chi connectivity index (χ0) is 17.8. The Kier molecular flexibility index (Phi) is 5.05. The van der Waals surface area contributed by atoms with E-state index >= 15 is 0 Å². The maximum atomic E-state index is 4.73. The van der Waals surface area contributed by atoms with Gasteiger partial charge in [0.05, 0.1) is 6.21 Å². The number of anilines is 2. The van der Waals surface area contributed by atoms with Crippen LogP contribution in [0.4, 0.5) is 11.6 Å². The van der Waals surface area contributed by atoms with E-state index in [1.807, 2.05) is 24.3 Å². The Morgan fingerprint density at radius 2 is 1.85 bits per heavy atom. The molecule has 0 bridgehead atoms. The molecule has 3 aromatic rings. The lowest BCUT2D eigenvalue weighted by Crippen LogP contribution is -2.23. The number of benzene rings is 1. The summed E-state index contributed by atoms with van der Waals surface area (Å²) in [6.45, 7) is 0. The topological polar surface area (TPSA) is 101 Å². The fraction of sp³-hybridized carbons (Fsp3) is 0.353. The number of hydrogen-bond acceptors (Lipinski definition) is 8. The minimum atomic E-state index is 0.347. The first-order valence-electron chi connectivity index (χ1n) is 8.59. The van der Waals surface area contributed by atoms with Crippen LogP contribution < -0.4 is 10.7 Å². The van der Waals surface area contributed by atoms with Crippen LogP contribution in [0.2, 0.25) is 0 Å². The van der Waals surface area contributed by atoms with Crippen LogP contribution in [0.25, 0.3) is 11.3 Å². The highest BCUT2D eigenvalue weighted by Crippen LogP contribution is 2.25. The van der Waals surface area contributed by atoms with E-state index in [1.165, 1.54) is 19.3 Å². The van der Waals surface area contributed by atoms with E-state index in [0.29, 0.717) is 29.0 Å². The first-order valence-corrected chi connectivity index (χ1v) is 9.39. The number of rotatable bonds is 5. The average Bonchev–Trinajstić information content (AvgIpc) is 3.10. The molecular weight excluding hydrogens is 398 g/mol. The standard InChI is InChI=1S/C17H18BrN7O/c18-12-6-4-5-11(9-12)10-19-23-15-14(20-13-7-2-1-3-8-13)21-16-17(22-15)25-26-24-16/h4-6,9-10,13H,1-3,7-8H2,(H,20,21,24)(H,22,23,25). The molecular formula is C17H18BrN7O. The van der Waals surface area contributed by atoms with E-state index < -0.39 is 0 Å². The second kappa shape index (κ2) is 7.77. The highest BCUT2D eigenvalue weighted by molar-refractivity contribution is 9.10. The minimum absolute atomic E-state index is 0.347. The SMILES string of the molecule is Brc1cccc(C=NNc2nc3nonc3nc2NC2CCCCC2)c1. The molecule has 0 amide bonds. The lowest BCUT2D eigenvalue weighted by Gasteiger charge is -2.23. The van der Waals surface area contributed by atoms with Gasteiger partial charge in [0.1, 0.15) is 0 Å². The summed E-state index contributed by atoms with van der Waals surface area (Å²) in [7, 11) is 0. The van der Waals surface area contributed by atoms with Crippen molar-refractivity contribution >= 4 is 45.1 Å². The van der Waals surface area contributed by atoms with Crippen LogP contribution in [0.3, 0.4) is 0 Å². The predicted octanol–water partition coefficient (Wildman–Crippen LogP) is 3.97. The summed E-state index contributed by atoms with van der Waals surface area (Å²) in [4.78, 5) is 8.91. The summed E-state index contributed by atoms with van der Waals surface area (Å²) in [6, 6.07) is 8.24. The molecule has 1 saturated carbocycles. The molecule has 2 heterocycles. The molecule has 0 atom stereocenters. The van der Waals surface area contributed by atoms with Gasteiger partial charge in [-0.1, -0.05) is 47.3 Å². The molecule has 1 aliphatic carbocycles.